The number of likely N-dealkylation sites (N-methyl/N-ethyl adjacent to an activating group) is 1. The number of carbonyl (C=O) groups excluding carboxylic acids is 2. The zero-order valence-corrected chi connectivity index (χ0v) is 10.7. The Morgan fingerprint density at radius 1 is 1.39 bits per heavy atom. The maximum Gasteiger partial charge on any atom is 0.244 e. The van der Waals surface area contributed by atoms with E-state index in [-0.39, 0.29) is 24.2 Å². The van der Waals surface area contributed by atoms with Gasteiger partial charge < -0.3 is 10.2 Å². The third kappa shape index (κ3) is 3.84. The number of nitrogens with zero attached hydrogens (tertiary/aromatic N) is 1. The van der Waals surface area contributed by atoms with Gasteiger partial charge in [-0.3, -0.25) is 9.59 Å². The molecular weight excluding hydrogens is 235 g/mol. The van der Waals surface area contributed by atoms with Gasteiger partial charge in [0, 0.05) is 26.1 Å². The summed E-state index contributed by atoms with van der Waals surface area (Å²) in [6.45, 7) is 3.12. The molecule has 5 heteroatoms. The van der Waals surface area contributed by atoms with Crippen molar-refractivity contribution in [2.75, 3.05) is 7.05 Å². The second-order valence-corrected chi connectivity index (χ2v) is 4.21. The van der Waals surface area contributed by atoms with Crippen LogP contribution in [0.4, 0.5) is 4.39 Å². The van der Waals surface area contributed by atoms with Crippen LogP contribution in [-0.2, 0) is 16.1 Å². The number of carbonyl (C=O) groups is 2. The molecule has 0 saturated heterocycles. The molecule has 0 aliphatic heterocycles. The molecule has 0 aliphatic carbocycles. The first-order chi connectivity index (χ1) is 8.41. The van der Waals surface area contributed by atoms with Crippen LogP contribution < -0.4 is 5.32 Å². The summed E-state index contributed by atoms with van der Waals surface area (Å²) in [6, 6.07) is 5.68. The Bertz CT molecular complexity index is 448. The van der Waals surface area contributed by atoms with Crippen molar-refractivity contribution >= 4 is 11.8 Å². The molecule has 0 radical (unpaired) electrons. The number of halogens is 1. The van der Waals surface area contributed by atoms with Gasteiger partial charge in [0.25, 0.3) is 0 Å². The number of hydrogen-bond acceptors (Lipinski definition) is 2. The first-order valence-electron chi connectivity index (χ1n) is 5.67. The highest BCUT2D eigenvalue weighted by Gasteiger charge is 2.18. The topological polar surface area (TPSA) is 49.4 Å². The summed E-state index contributed by atoms with van der Waals surface area (Å²) in [4.78, 5) is 24.1. The maximum absolute atomic E-state index is 13.4. The number of rotatable bonds is 4. The number of hydrogen-bond donors (Lipinski definition) is 1. The van der Waals surface area contributed by atoms with Gasteiger partial charge in [0.15, 0.2) is 0 Å². The molecule has 18 heavy (non-hydrogen) atoms. The minimum Gasteiger partial charge on any atom is -0.345 e. The van der Waals surface area contributed by atoms with Gasteiger partial charge >= 0.3 is 0 Å². The van der Waals surface area contributed by atoms with E-state index in [2.05, 4.69) is 5.32 Å². The molecule has 4 nitrogen and oxygen atoms in total. The van der Waals surface area contributed by atoms with E-state index in [0.29, 0.717) is 5.56 Å². The highest BCUT2D eigenvalue weighted by Crippen LogP contribution is 2.09. The van der Waals surface area contributed by atoms with Gasteiger partial charge in [0.2, 0.25) is 11.8 Å². The monoisotopic (exact) mass is 252 g/mol. The minimum absolute atomic E-state index is 0.176. The Morgan fingerprint density at radius 2 is 2.00 bits per heavy atom. The number of amides is 2. The SMILES string of the molecule is CC(=O)NC(C)C(=O)N(C)Cc1ccccc1F. The van der Waals surface area contributed by atoms with Crippen molar-refractivity contribution in [1.29, 1.82) is 0 Å². The molecule has 0 heterocycles. The summed E-state index contributed by atoms with van der Waals surface area (Å²) in [6.07, 6.45) is 0. The van der Waals surface area contributed by atoms with Crippen molar-refractivity contribution in [3.8, 4) is 0 Å². The summed E-state index contributed by atoms with van der Waals surface area (Å²) < 4.78 is 13.4. The van der Waals surface area contributed by atoms with Crippen LogP contribution in [0.25, 0.3) is 0 Å². The van der Waals surface area contributed by atoms with E-state index in [1.807, 2.05) is 0 Å². The van der Waals surface area contributed by atoms with E-state index in [1.165, 1.54) is 17.9 Å². The lowest BCUT2D eigenvalue weighted by atomic mass is 10.2. The molecule has 1 N–H and O–H groups in total. The van der Waals surface area contributed by atoms with Crippen molar-refractivity contribution < 1.29 is 14.0 Å². The van der Waals surface area contributed by atoms with E-state index in [0.717, 1.165) is 0 Å². The average molecular weight is 252 g/mol. The Balaban J connectivity index is 2.65. The summed E-state index contributed by atoms with van der Waals surface area (Å²) in [5.41, 5.74) is 0.448. The molecular formula is C13H17FN2O2. The van der Waals surface area contributed by atoms with Crippen LogP contribution in [0, 0.1) is 5.82 Å². The third-order valence-corrected chi connectivity index (χ3v) is 2.53. The Labute approximate surface area is 106 Å². The summed E-state index contributed by atoms with van der Waals surface area (Å²) in [5.74, 6) is -0.868. The fourth-order valence-electron chi connectivity index (χ4n) is 1.66. The van der Waals surface area contributed by atoms with Crippen LogP contribution in [0.2, 0.25) is 0 Å². The van der Waals surface area contributed by atoms with E-state index < -0.39 is 6.04 Å². The van der Waals surface area contributed by atoms with Gasteiger partial charge in [-0.05, 0) is 13.0 Å². The van der Waals surface area contributed by atoms with Crippen molar-refractivity contribution in [1.82, 2.24) is 10.2 Å². The van der Waals surface area contributed by atoms with Gasteiger partial charge in [-0.1, -0.05) is 18.2 Å². The van der Waals surface area contributed by atoms with Crippen LogP contribution in [0.1, 0.15) is 19.4 Å². The fourth-order valence-corrected chi connectivity index (χ4v) is 1.66. The van der Waals surface area contributed by atoms with Crippen molar-refractivity contribution in [2.24, 2.45) is 0 Å². The highest BCUT2D eigenvalue weighted by atomic mass is 19.1. The van der Waals surface area contributed by atoms with Gasteiger partial charge in [0.1, 0.15) is 11.9 Å². The molecule has 0 fully saturated rings. The van der Waals surface area contributed by atoms with Crippen molar-refractivity contribution in [3.63, 3.8) is 0 Å². The van der Waals surface area contributed by atoms with E-state index >= 15 is 0 Å². The van der Waals surface area contributed by atoms with Crippen LogP contribution in [-0.4, -0.2) is 29.8 Å². The molecule has 98 valence electrons. The largest absolute Gasteiger partial charge is 0.345 e. The standard InChI is InChI=1S/C13H17FN2O2/c1-9(15-10(2)17)13(18)16(3)8-11-6-4-5-7-12(11)14/h4-7,9H,8H2,1-3H3,(H,15,17). The van der Waals surface area contributed by atoms with Gasteiger partial charge in [-0.15, -0.1) is 0 Å². The lowest BCUT2D eigenvalue weighted by Crippen LogP contribution is -2.44. The molecule has 0 bridgehead atoms. The molecule has 0 spiro atoms. The van der Waals surface area contributed by atoms with Crippen LogP contribution in [0.15, 0.2) is 24.3 Å². The Hall–Kier alpha value is -1.91. The lowest BCUT2D eigenvalue weighted by molar-refractivity contribution is -0.134. The first-order valence-corrected chi connectivity index (χ1v) is 5.67. The molecule has 2 amide bonds. The zero-order valence-electron chi connectivity index (χ0n) is 10.7. The van der Waals surface area contributed by atoms with Crippen LogP contribution >= 0.6 is 0 Å². The highest BCUT2D eigenvalue weighted by molar-refractivity contribution is 5.86. The second-order valence-electron chi connectivity index (χ2n) is 4.21. The minimum atomic E-state index is -0.612. The smallest absolute Gasteiger partial charge is 0.244 e. The van der Waals surface area contributed by atoms with Crippen LogP contribution in [0.3, 0.4) is 0 Å². The van der Waals surface area contributed by atoms with E-state index in [1.54, 1.807) is 32.2 Å². The van der Waals surface area contributed by atoms with Gasteiger partial charge in [0.05, 0.1) is 0 Å². The first kappa shape index (κ1) is 14.2. The van der Waals surface area contributed by atoms with Gasteiger partial charge in [-0.2, -0.15) is 0 Å². The molecule has 0 aliphatic rings. The zero-order chi connectivity index (χ0) is 13.7. The summed E-state index contributed by atoms with van der Waals surface area (Å²) >= 11 is 0. The number of benzene rings is 1. The summed E-state index contributed by atoms with van der Waals surface area (Å²) in [7, 11) is 1.58. The fraction of sp³-hybridized carbons (Fsp3) is 0.385. The quantitative estimate of drug-likeness (QED) is 0.878. The van der Waals surface area contributed by atoms with Crippen LogP contribution in [0.5, 0.6) is 0 Å². The predicted molar refractivity (Wildman–Crippen MR) is 66.2 cm³/mol. The van der Waals surface area contributed by atoms with E-state index in [9.17, 15) is 14.0 Å². The lowest BCUT2D eigenvalue weighted by Gasteiger charge is -2.22. The second kappa shape index (κ2) is 6.14. The molecule has 1 aromatic rings. The maximum atomic E-state index is 13.4. The Morgan fingerprint density at radius 3 is 2.56 bits per heavy atom. The predicted octanol–water partition coefficient (Wildman–Crippen LogP) is 1.31. The van der Waals surface area contributed by atoms with Gasteiger partial charge in [-0.25, -0.2) is 4.39 Å². The molecule has 0 aromatic heterocycles. The summed E-state index contributed by atoms with van der Waals surface area (Å²) in [5, 5.41) is 2.50. The Kier molecular flexibility index (Phi) is 4.83. The molecule has 1 atom stereocenters. The molecule has 1 unspecified atom stereocenters. The molecule has 1 aromatic carbocycles. The normalized spacial score (nSPS) is 11.8. The third-order valence-electron chi connectivity index (χ3n) is 2.53. The number of nitrogens with one attached hydrogen (secondary N) is 1. The van der Waals surface area contributed by atoms with Crippen molar-refractivity contribution in [3.05, 3.63) is 35.6 Å². The molecule has 1 rings (SSSR count). The average Bonchev–Trinajstić information content (AvgIpc) is 2.30. The molecule has 0 saturated carbocycles. The van der Waals surface area contributed by atoms with Crippen molar-refractivity contribution in [2.45, 2.75) is 26.4 Å². The van der Waals surface area contributed by atoms with E-state index in [4.69, 9.17) is 0 Å².